The van der Waals surface area contributed by atoms with Crippen molar-refractivity contribution in [1.82, 2.24) is 9.97 Å². The number of nitrogens with one attached hydrogen (secondary N) is 3. The molecule has 0 saturated carbocycles. The molecule has 28 heavy (non-hydrogen) atoms. The van der Waals surface area contributed by atoms with Crippen molar-refractivity contribution >= 4 is 46.3 Å². The molecular weight excluding hydrogens is 378 g/mol. The van der Waals surface area contributed by atoms with Crippen LogP contribution in [0.15, 0.2) is 54.9 Å². The monoisotopic (exact) mass is 395 g/mol. The van der Waals surface area contributed by atoms with Gasteiger partial charge in [0.05, 0.1) is 12.4 Å². The number of carbonyl (C=O) groups is 2. The fourth-order valence-electron chi connectivity index (χ4n) is 2.41. The minimum atomic E-state index is -0.371. The second-order valence-corrected chi connectivity index (χ2v) is 6.52. The van der Waals surface area contributed by atoms with Crippen molar-refractivity contribution in [2.24, 2.45) is 0 Å². The summed E-state index contributed by atoms with van der Waals surface area (Å²) in [6, 6.07) is 12.4. The lowest BCUT2D eigenvalue weighted by molar-refractivity contribution is -0.114. The van der Waals surface area contributed by atoms with Crippen LogP contribution in [-0.4, -0.2) is 21.8 Å². The van der Waals surface area contributed by atoms with Gasteiger partial charge in [-0.1, -0.05) is 17.7 Å². The van der Waals surface area contributed by atoms with Gasteiger partial charge in [0.15, 0.2) is 0 Å². The molecule has 0 unspecified atom stereocenters. The SMILES string of the molecule is CC(=O)Nc1ccc(Nc2cnc(C(=O)Nc3cc(Cl)ccc3C)cn2)cc1. The Morgan fingerprint density at radius 3 is 2.29 bits per heavy atom. The molecule has 0 aliphatic heterocycles. The second-order valence-electron chi connectivity index (χ2n) is 6.08. The Balaban J connectivity index is 1.65. The number of rotatable bonds is 5. The van der Waals surface area contributed by atoms with E-state index in [0.717, 1.165) is 11.3 Å². The van der Waals surface area contributed by atoms with E-state index in [9.17, 15) is 9.59 Å². The molecule has 0 fully saturated rings. The summed E-state index contributed by atoms with van der Waals surface area (Å²) >= 11 is 5.97. The zero-order chi connectivity index (χ0) is 20.1. The van der Waals surface area contributed by atoms with Gasteiger partial charge in [-0.15, -0.1) is 0 Å². The number of hydrogen-bond acceptors (Lipinski definition) is 5. The molecule has 2 aromatic carbocycles. The summed E-state index contributed by atoms with van der Waals surface area (Å²) in [5.41, 5.74) is 3.18. The Labute approximate surface area is 167 Å². The van der Waals surface area contributed by atoms with Crippen LogP contribution in [0.25, 0.3) is 0 Å². The molecule has 1 heterocycles. The Bertz CT molecular complexity index is 1000. The quantitative estimate of drug-likeness (QED) is 0.595. The van der Waals surface area contributed by atoms with E-state index in [4.69, 9.17) is 11.6 Å². The van der Waals surface area contributed by atoms with Crippen LogP contribution in [0.3, 0.4) is 0 Å². The Kier molecular flexibility index (Phi) is 5.86. The maximum absolute atomic E-state index is 12.4. The van der Waals surface area contributed by atoms with Gasteiger partial charge in [0.25, 0.3) is 5.91 Å². The molecule has 0 aliphatic rings. The van der Waals surface area contributed by atoms with Crippen LogP contribution in [0.1, 0.15) is 23.0 Å². The largest absolute Gasteiger partial charge is 0.339 e. The Morgan fingerprint density at radius 2 is 1.64 bits per heavy atom. The topological polar surface area (TPSA) is 96.0 Å². The third-order valence-corrected chi connectivity index (χ3v) is 4.05. The number of halogens is 1. The molecule has 3 rings (SSSR count). The van der Waals surface area contributed by atoms with Crippen molar-refractivity contribution in [2.75, 3.05) is 16.0 Å². The molecule has 3 aromatic rings. The standard InChI is InChI=1S/C20H18ClN5O2/c1-12-3-4-14(21)9-17(12)26-20(28)18-10-23-19(11-22-18)25-16-7-5-15(6-8-16)24-13(2)27/h3-11H,1-2H3,(H,23,25)(H,24,27)(H,26,28). The summed E-state index contributed by atoms with van der Waals surface area (Å²) in [6.45, 7) is 3.33. The van der Waals surface area contributed by atoms with Gasteiger partial charge in [-0.25, -0.2) is 9.97 Å². The molecule has 0 aliphatic carbocycles. The van der Waals surface area contributed by atoms with Gasteiger partial charge in [0.2, 0.25) is 5.91 Å². The third-order valence-electron chi connectivity index (χ3n) is 3.81. The molecule has 8 heteroatoms. The highest BCUT2D eigenvalue weighted by molar-refractivity contribution is 6.31. The molecule has 2 amide bonds. The molecule has 0 saturated heterocycles. The fraction of sp³-hybridized carbons (Fsp3) is 0.100. The van der Waals surface area contributed by atoms with Gasteiger partial charge in [0.1, 0.15) is 11.5 Å². The molecule has 3 N–H and O–H groups in total. The molecular formula is C20H18ClN5O2. The molecule has 0 spiro atoms. The highest BCUT2D eigenvalue weighted by Crippen LogP contribution is 2.21. The number of carbonyl (C=O) groups excluding carboxylic acids is 2. The zero-order valence-corrected chi connectivity index (χ0v) is 16.0. The predicted octanol–water partition coefficient (Wildman–Crippen LogP) is 4.39. The van der Waals surface area contributed by atoms with Crippen molar-refractivity contribution in [3.8, 4) is 0 Å². The summed E-state index contributed by atoms with van der Waals surface area (Å²) in [7, 11) is 0. The Morgan fingerprint density at radius 1 is 0.929 bits per heavy atom. The summed E-state index contributed by atoms with van der Waals surface area (Å²) in [4.78, 5) is 31.8. The van der Waals surface area contributed by atoms with E-state index in [1.165, 1.54) is 19.3 Å². The first-order valence-corrected chi connectivity index (χ1v) is 8.83. The van der Waals surface area contributed by atoms with Crippen LogP contribution in [0, 0.1) is 6.92 Å². The van der Waals surface area contributed by atoms with Crippen molar-refractivity contribution in [3.05, 3.63) is 71.1 Å². The molecule has 0 atom stereocenters. The van der Waals surface area contributed by atoms with Crippen LogP contribution in [0.2, 0.25) is 5.02 Å². The smallest absolute Gasteiger partial charge is 0.275 e. The van der Waals surface area contributed by atoms with E-state index >= 15 is 0 Å². The summed E-state index contributed by atoms with van der Waals surface area (Å²) in [6.07, 6.45) is 2.87. The van der Waals surface area contributed by atoms with Gasteiger partial charge >= 0.3 is 0 Å². The molecule has 1 aromatic heterocycles. The maximum Gasteiger partial charge on any atom is 0.275 e. The minimum absolute atomic E-state index is 0.131. The van der Waals surface area contributed by atoms with Crippen LogP contribution in [-0.2, 0) is 4.79 Å². The maximum atomic E-state index is 12.4. The third kappa shape index (κ3) is 5.05. The number of benzene rings is 2. The van der Waals surface area contributed by atoms with Crippen molar-refractivity contribution < 1.29 is 9.59 Å². The van der Waals surface area contributed by atoms with E-state index < -0.39 is 0 Å². The number of aryl methyl sites for hydroxylation is 1. The van der Waals surface area contributed by atoms with E-state index in [0.29, 0.717) is 22.2 Å². The Hall–Kier alpha value is -3.45. The first-order chi connectivity index (χ1) is 13.4. The number of nitrogens with zero attached hydrogens (tertiary/aromatic N) is 2. The number of aromatic nitrogens is 2. The number of hydrogen-bond donors (Lipinski definition) is 3. The fourth-order valence-corrected chi connectivity index (χ4v) is 2.59. The molecule has 7 nitrogen and oxygen atoms in total. The van der Waals surface area contributed by atoms with Gasteiger partial charge in [-0.3, -0.25) is 9.59 Å². The minimum Gasteiger partial charge on any atom is -0.339 e. The van der Waals surface area contributed by atoms with Crippen molar-refractivity contribution in [2.45, 2.75) is 13.8 Å². The predicted molar refractivity (Wildman–Crippen MR) is 110 cm³/mol. The van der Waals surface area contributed by atoms with Crippen LogP contribution in [0.4, 0.5) is 22.9 Å². The van der Waals surface area contributed by atoms with Gasteiger partial charge in [-0.2, -0.15) is 0 Å². The van der Waals surface area contributed by atoms with E-state index in [1.54, 1.807) is 36.4 Å². The second kappa shape index (κ2) is 8.49. The van der Waals surface area contributed by atoms with E-state index in [2.05, 4.69) is 25.9 Å². The highest BCUT2D eigenvalue weighted by Gasteiger charge is 2.10. The molecule has 0 radical (unpaired) electrons. The zero-order valence-electron chi connectivity index (χ0n) is 15.3. The summed E-state index contributed by atoms with van der Waals surface area (Å²) < 4.78 is 0. The van der Waals surface area contributed by atoms with E-state index in [1.807, 2.05) is 13.0 Å². The lowest BCUT2D eigenvalue weighted by Crippen LogP contribution is -2.15. The molecule has 0 bridgehead atoms. The lowest BCUT2D eigenvalue weighted by atomic mass is 10.2. The van der Waals surface area contributed by atoms with Crippen LogP contribution in [0.5, 0.6) is 0 Å². The lowest BCUT2D eigenvalue weighted by Gasteiger charge is -2.09. The number of anilines is 4. The molecule has 142 valence electrons. The summed E-state index contributed by atoms with van der Waals surface area (Å²) in [5, 5.41) is 9.09. The van der Waals surface area contributed by atoms with E-state index in [-0.39, 0.29) is 17.5 Å². The normalized spacial score (nSPS) is 10.2. The number of amides is 2. The highest BCUT2D eigenvalue weighted by atomic mass is 35.5. The van der Waals surface area contributed by atoms with Crippen LogP contribution < -0.4 is 16.0 Å². The first kappa shape index (κ1) is 19.3. The average molecular weight is 396 g/mol. The van der Waals surface area contributed by atoms with Crippen molar-refractivity contribution in [1.29, 1.82) is 0 Å². The van der Waals surface area contributed by atoms with Crippen LogP contribution >= 0.6 is 11.6 Å². The van der Waals surface area contributed by atoms with Crippen molar-refractivity contribution in [3.63, 3.8) is 0 Å². The summed E-state index contributed by atoms with van der Waals surface area (Å²) in [5.74, 6) is -0.0137. The van der Waals surface area contributed by atoms with Gasteiger partial charge in [-0.05, 0) is 48.9 Å². The van der Waals surface area contributed by atoms with Gasteiger partial charge < -0.3 is 16.0 Å². The first-order valence-electron chi connectivity index (χ1n) is 8.45. The van der Waals surface area contributed by atoms with Gasteiger partial charge in [0, 0.05) is 29.0 Å². The average Bonchev–Trinajstić information content (AvgIpc) is 2.66.